The van der Waals surface area contributed by atoms with Crippen LogP contribution >= 0.6 is 0 Å². The van der Waals surface area contributed by atoms with Gasteiger partial charge in [-0.15, -0.1) is 0 Å². The first-order chi connectivity index (χ1) is 10.4. The number of nitrogens with zero attached hydrogens (tertiary/aromatic N) is 1. The SMILES string of the molecule is CCCCCCCCCCCC(N=C=O)c1[c]cccc1. The third kappa shape index (κ3) is 8.47. The monoisotopic (exact) mass is 286 g/mol. The lowest BCUT2D eigenvalue weighted by Crippen LogP contribution is -1.96. The van der Waals surface area contributed by atoms with Gasteiger partial charge in [-0.3, -0.25) is 0 Å². The van der Waals surface area contributed by atoms with E-state index < -0.39 is 0 Å². The maximum absolute atomic E-state index is 10.5. The summed E-state index contributed by atoms with van der Waals surface area (Å²) < 4.78 is 0. The quantitative estimate of drug-likeness (QED) is 0.272. The second-order valence-electron chi connectivity index (χ2n) is 5.67. The lowest BCUT2D eigenvalue weighted by Gasteiger charge is -2.10. The summed E-state index contributed by atoms with van der Waals surface area (Å²) >= 11 is 0. The zero-order valence-corrected chi connectivity index (χ0v) is 13.3. The predicted molar refractivity (Wildman–Crippen MR) is 88.0 cm³/mol. The zero-order valence-electron chi connectivity index (χ0n) is 13.3. The van der Waals surface area contributed by atoms with Crippen LogP contribution in [0.25, 0.3) is 0 Å². The molecular weight excluding hydrogens is 258 g/mol. The van der Waals surface area contributed by atoms with E-state index in [2.05, 4.69) is 18.0 Å². The third-order valence-corrected chi connectivity index (χ3v) is 3.88. The van der Waals surface area contributed by atoms with Gasteiger partial charge in [0.05, 0.1) is 6.04 Å². The van der Waals surface area contributed by atoms with Crippen LogP contribution in [-0.4, -0.2) is 6.08 Å². The molecule has 1 aromatic rings. The number of carbonyl (C=O) groups excluding carboxylic acids is 1. The van der Waals surface area contributed by atoms with E-state index in [-0.39, 0.29) is 6.04 Å². The van der Waals surface area contributed by atoms with Gasteiger partial charge in [0.2, 0.25) is 6.08 Å². The van der Waals surface area contributed by atoms with Crippen LogP contribution in [0.15, 0.2) is 29.3 Å². The molecule has 0 spiro atoms. The van der Waals surface area contributed by atoms with Crippen molar-refractivity contribution in [2.24, 2.45) is 4.99 Å². The van der Waals surface area contributed by atoms with E-state index in [9.17, 15) is 4.79 Å². The summed E-state index contributed by atoms with van der Waals surface area (Å²) in [6.45, 7) is 2.25. The molecule has 0 saturated heterocycles. The molecule has 115 valence electrons. The van der Waals surface area contributed by atoms with E-state index in [0.717, 1.165) is 18.4 Å². The van der Waals surface area contributed by atoms with E-state index in [1.54, 1.807) is 6.08 Å². The Bertz CT molecular complexity index is 395. The second-order valence-corrected chi connectivity index (χ2v) is 5.67. The van der Waals surface area contributed by atoms with Crippen molar-refractivity contribution in [1.82, 2.24) is 0 Å². The molecule has 1 rings (SSSR count). The van der Waals surface area contributed by atoms with Crippen LogP contribution in [0.5, 0.6) is 0 Å². The summed E-state index contributed by atoms with van der Waals surface area (Å²) in [5.74, 6) is 0. The van der Waals surface area contributed by atoms with Crippen molar-refractivity contribution in [3.63, 3.8) is 0 Å². The van der Waals surface area contributed by atoms with Crippen molar-refractivity contribution in [1.29, 1.82) is 0 Å². The van der Waals surface area contributed by atoms with Crippen molar-refractivity contribution in [3.05, 3.63) is 35.9 Å². The molecule has 0 aromatic heterocycles. The lowest BCUT2D eigenvalue weighted by atomic mass is 10.00. The highest BCUT2D eigenvalue weighted by molar-refractivity contribution is 5.35. The Kier molecular flexibility index (Phi) is 10.4. The highest BCUT2D eigenvalue weighted by Gasteiger charge is 2.09. The Hall–Kier alpha value is -1.40. The molecule has 21 heavy (non-hydrogen) atoms. The van der Waals surface area contributed by atoms with Gasteiger partial charge in [0.25, 0.3) is 0 Å². The standard InChI is InChI=1S/C19H28NO/c1-2-3-4-5-6-7-8-9-13-16-19(20-17-21)18-14-11-10-12-15-18/h10-12,14,19H,2-9,13,16H2,1H3. The smallest absolute Gasteiger partial charge is 0.211 e. The van der Waals surface area contributed by atoms with Gasteiger partial charge in [-0.05, 0) is 18.1 Å². The molecule has 0 fully saturated rings. The van der Waals surface area contributed by atoms with Gasteiger partial charge in [0.15, 0.2) is 0 Å². The van der Waals surface area contributed by atoms with Gasteiger partial charge in [0.1, 0.15) is 0 Å². The number of hydrogen-bond acceptors (Lipinski definition) is 2. The number of isocyanates is 1. The van der Waals surface area contributed by atoms with E-state index in [4.69, 9.17) is 0 Å². The van der Waals surface area contributed by atoms with Crippen LogP contribution in [0.2, 0.25) is 0 Å². The topological polar surface area (TPSA) is 29.4 Å². The van der Waals surface area contributed by atoms with Gasteiger partial charge in [-0.25, -0.2) is 4.79 Å². The molecule has 0 aliphatic heterocycles. The Labute approximate surface area is 129 Å². The van der Waals surface area contributed by atoms with Crippen molar-refractivity contribution in [3.8, 4) is 0 Å². The van der Waals surface area contributed by atoms with Crippen LogP contribution in [0.3, 0.4) is 0 Å². The van der Waals surface area contributed by atoms with Crippen LogP contribution < -0.4 is 0 Å². The van der Waals surface area contributed by atoms with Crippen molar-refractivity contribution >= 4 is 6.08 Å². The van der Waals surface area contributed by atoms with Gasteiger partial charge in [-0.2, -0.15) is 4.99 Å². The van der Waals surface area contributed by atoms with E-state index in [0.29, 0.717) is 0 Å². The fourth-order valence-corrected chi connectivity index (χ4v) is 2.62. The molecule has 0 bridgehead atoms. The van der Waals surface area contributed by atoms with E-state index in [1.807, 2.05) is 24.3 Å². The number of rotatable bonds is 12. The first-order valence-corrected chi connectivity index (χ1v) is 8.42. The van der Waals surface area contributed by atoms with Gasteiger partial charge in [-0.1, -0.05) is 89.0 Å². The normalized spacial score (nSPS) is 11.9. The Morgan fingerprint density at radius 2 is 1.71 bits per heavy atom. The highest BCUT2D eigenvalue weighted by Crippen LogP contribution is 2.23. The molecule has 1 unspecified atom stereocenters. The van der Waals surface area contributed by atoms with Crippen LogP contribution in [0, 0.1) is 6.07 Å². The second kappa shape index (κ2) is 12.3. The number of hydrogen-bond donors (Lipinski definition) is 0. The first-order valence-electron chi connectivity index (χ1n) is 8.42. The van der Waals surface area contributed by atoms with Crippen LogP contribution in [0.1, 0.15) is 82.7 Å². The molecule has 0 N–H and O–H groups in total. The molecule has 0 aliphatic carbocycles. The molecule has 0 heterocycles. The zero-order chi connectivity index (χ0) is 15.2. The van der Waals surface area contributed by atoms with Gasteiger partial charge in [0, 0.05) is 0 Å². The maximum Gasteiger partial charge on any atom is 0.235 e. The van der Waals surface area contributed by atoms with Crippen molar-refractivity contribution < 1.29 is 4.79 Å². The predicted octanol–water partition coefficient (Wildman–Crippen LogP) is 5.78. The van der Waals surface area contributed by atoms with E-state index in [1.165, 1.54) is 51.4 Å². The lowest BCUT2D eigenvalue weighted by molar-refractivity contribution is 0.524. The summed E-state index contributed by atoms with van der Waals surface area (Å²) in [4.78, 5) is 14.5. The number of aliphatic imine (C=N–C) groups is 1. The molecule has 1 aromatic carbocycles. The number of unbranched alkanes of at least 4 members (excludes halogenated alkanes) is 8. The third-order valence-electron chi connectivity index (χ3n) is 3.88. The molecule has 0 aliphatic rings. The minimum Gasteiger partial charge on any atom is -0.211 e. The molecule has 2 nitrogen and oxygen atoms in total. The molecule has 1 atom stereocenters. The first kappa shape index (κ1) is 17.7. The van der Waals surface area contributed by atoms with Crippen molar-refractivity contribution in [2.75, 3.05) is 0 Å². The van der Waals surface area contributed by atoms with Crippen LogP contribution in [0.4, 0.5) is 0 Å². The minimum absolute atomic E-state index is 0.0618. The van der Waals surface area contributed by atoms with Gasteiger partial charge < -0.3 is 0 Å². The van der Waals surface area contributed by atoms with Gasteiger partial charge >= 0.3 is 0 Å². The Morgan fingerprint density at radius 3 is 2.29 bits per heavy atom. The summed E-state index contributed by atoms with van der Waals surface area (Å²) in [5, 5.41) is 0. The average molecular weight is 286 g/mol. The Balaban J connectivity index is 2.13. The van der Waals surface area contributed by atoms with E-state index >= 15 is 0 Å². The fraction of sp³-hybridized carbons (Fsp3) is 0.632. The summed E-state index contributed by atoms with van der Waals surface area (Å²) in [6, 6.07) is 10.9. The van der Waals surface area contributed by atoms with Crippen LogP contribution in [-0.2, 0) is 4.79 Å². The summed E-state index contributed by atoms with van der Waals surface area (Å²) in [6.07, 6.45) is 14.4. The summed E-state index contributed by atoms with van der Waals surface area (Å²) in [5.41, 5.74) is 1.00. The molecule has 2 heteroatoms. The summed E-state index contributed by atoms with van der Waals surface area (Å²) in [7, 11) is 0. The highest BCUT2D eigenvalue weighted by atomic mass is 16.1. The molecule has 0 amide bonds. The molecule has 0 saturated carbocycles. The van der Waals surface area contributed by atoms with Crippen molar-refractivity contribution in [2.45, 2.75) is 77.2 Å². The average Bonchev–Trinajstić information content (AvgIpc) is 2.53. The Morgan fingerprint density at radius 1 is 1.05 bits per heavy atom. The largest absolute Gasteiger partial charge is 0.235 e. The molecular formula is C19H28NO. The molecule has 1 radical (unpaired) electrons. The fourth-order valence-electron chi connectivity index (χ4n) is 2.62. The minimum atomic E-state index is -0.0618. The maximum atomic E-state index is 10.5. The number of benzene rings is 1.